The Balaban J connectivity index is 1.86. The Morgan fingerprint density at radius 1 is 0.946 bits per heavy atom. The van der Waals surface area contributed by atoms with E-state index in [-0.39, 0.29) is 49.2 Å². The first-order valence-electron chi connectivity index (χ1n) is 11.9. The summed E-state index contributed by atoms with van der Waals surface area (Å²) in [5.41, 5.74) is 4.07. The Morgan fingerprint density at radius 2 is 1.59 bits per heavy atom. The SMILES string of the molecule is Cc1cnc(C)c(C(C)c2cc(O)c3c(Cl)ccc(NS(=O)(=O)c4ccc(C(C)(C)C)cc4)c3c2O)c1. The maximum absolute atomic E-state index is 13.3. The van der Waals surface area contributed by atoms with Gasteiger partial charge in [-0.25, -0.2) is 8.42 Å². The molecule has 0 fully saturated rings. The fourth-order valence-electron chi connectivity index (χ4n) is 4.52. The number of rotatable bonds is 5. The molecular weight excluding hydrogens is 508 g/mol. The highest BCUT2D eigenvalue weighted by Crippen LogP contribution is 2.47. The van der Waals surface area contributed by atoms with Crippen molar-refractivity contribution < 1.29 is 18.6 Å². The summed E-state index contributed by atoms with van der Waals surface area (Å²) < 4.78 is 29.2. The maximum atomic E-state index is 13.3. The third-order valence-corrected chi connectivity index (χ3v) is 8.38. The van der Waals surface area contributed by atoms with Crippen molar-refractivity contribution >= 4 is 38.1 Å². The van der Waals surface area contributed by atoms with Crippen LogP contribution in [-0.4, -0.2) is 23.6 Å². The van der Waals surface area contributed by atoms with Gasteiger partial charge in [0.05, 0.1) is 21.0 Å². The number of hydrogen-bond acceptors (Lipinski definition) is 5. The second kappa shape index (κ2) is 9.54. The fourth-order valence-corrected chi connectivity index (χ4v) is 5.85. The molecule has 0 spiro atoms. The van der Waals surface area contributed by atoms with Gasteiger partial charge in [-0.15, -0.1) is 0 Å². The Labute approximate surface area is 223 Å². The molecule has 0 aliphatic carbocycles. The lowest BCUT2D eigenvalue weighted by Crippen LogP contribution is -2.15. The summed E-state index contributed by atoms with van der Waals surface area (Å²) in [7, 11) is -4.00. The molecule has 0 aliphatic heterocycles. The fraction of sp³-hybridized carbons (Fsp3) is 0.276. The largest absolute Gasteiger partial charge is 0.507 e. The Morgan fingerprint density at radius 3 is 2.22 bits per heavy atom. The number of phenols is 2. The van der Waals surface area contributed by atoms with Gasteiger partial charge in [0.15, 0.2) is 0 Å². The van der Waals surface area contributed by atoms with E-state index in [1.165, 1.54) is 18.2 Å². The van der Waals surface area contributed by atoms with Gasteiger partial charge < -0.3 is 10.2 Å². The van der Waals surface area contributed by atoms with Crippen LogP contribution < -0.4 is 4.72 Å². The molecular formula is C29H31ClN2O4S. The van der Waals surface area contributed by atoms with Crippen LogP contribution in [-0.2, 0) is 15.4 Å². The monoisotopic (exact) mass is 538 g/mol. The van der Waals surface area contributed by atoms with Crippen molar-refractivity contribution in [2.45, 2.75) is 57.8 Å². The van der Waals surface area contributed by atoms with Gasteiger partial charge >= 0.3 is 0 Å². The van der Waals surface area contributed by atoms with Crippen LogP contribution in [0.4, 0.5) is 5.69 Å². The van der Waals surface area contributed by atoms with Crippen molar-refractivity contribution in [3.8, 4) is 11.5 Å². The number of aryl methyl sites for hydroxylation is 2. The smallest absolute Gasteiger partial charge is 0.261 e. The van der Waals surface area contributed by atoms with Gasteiger partial charge in [0, 0.05) is 28.8 Å². The molecule has 0 saturated carbocycles. The van der Waals surface area contributed by atoms with Crippen molar-refractivity contribution in [1.29, 1.82) is 0 Å². The highest BCUT2D eigenvalue weighted by atomic mass is 35.5. The topological polar surface area (TPSA) is 99.5 Å². The molecule has 4 aromatic rings. The Hall–Kier alpha value is -3.29. The summed E-state index contributed by atoms with van der Waals surface area (Å²) in [4.78, 5) is 4.50. The number of hydrogen-bond donors (Lipinski definition) is 3. The first-order valence-corrected chi connectivity index (χ1v) is 13.8. The number of aromatic hydroxyl groups is 2. The van der Waals surface area contributed by atoms with Gasteiger partial charge in [-0.2, -0.15) is 0 Å². The maximum Gasteiger partial charge on any atom is 0.261 e. The van der Waals surface area contributed by atoms with Crippen molar-refractivity contribution in [3.63, 3.8) is 0 Å². The van der Waals surface area contributed by atoms with Crippen LogP contribution in [0, 0.1) is 13.8 Å². The van der Waals surface area contributed by atoms with Gasteiger partial charge in [0.2, 0.25) is 0 Å². The molecule has 8 heteroatoms. The second-order valence-electron chi connectivity index (χ2n) is 10.5. The Kier molecular flexibility index (Phi) is 6.90. The Bertz CT molecular complexity index is 1610. The highest BCUT2D eigenvalue weighted by molar-refractivity contribution is 7.92. The highest BCUT2D eigenvalue weighted by Gasteiger charge is 2.25. The normalized spacial score (nSPS) is 13.1. The van der Waals surface area contributed by atoms with Crippen molar-refractivity contribution in [1.82, 2.24) is 4.98 Å². The zero-order valence-electron chi connectivity index (χ0n) is 21.7. The summed E-state index contributed by atoms with van der Waals surface area (Å²) in [5, 5.41) is 22.9. The van der Waals surface area contributed by atoms with E-state index in [2.05, 4.69) is 30.5 Å². The van der Waals surface area contributed by atoms with Gasteiger partial charge in [-0.05, 0) is 66.3 Å². The molecule has 0 bridgehead atoms. The predicted molar refractivity (Wildman–Crippen MR) is 149 cm³/mol. The summed E-state index contributed by atoms with van der Waals surface area (Å²) in [6, 6.07) is 13.1. The molecule has 0 aliphatic rings. The molecule has 1 unspecified atom stereocenters. The number of phenolic OH excluding ortho intramolecular Hbond substituents is 2. The molecule has 1 aromatic heterocycles. The van der Waals surface area contributed by atoms with E-state index >= 15 is 0 Å². The molecule has 194 valence electrons. The van der Waals surface area contributed by atoms with Crippen LogP contribution in [0.3, 0.4) is 0 Å². The molecule has 0 amide bonds. The summed E-state index contributed by atoms with van der Waals surface area (Å²) >= 11 is 6.39. The minimum Gasteiger partial charge on any atom is -0.507 e. The number of aromatic nitrogens is 1. The van der Waals surface area contributed by atoms with Crippen molar-refractivity contribution in [2.24, 2.45) is 0 Å². The van der Waals surface area contributed by atoms with E-state index < -0.39 is 10.0 Å². The zero-order valence-corrected chi connectivity index (χ0v) is 23.3. The number of nitrogens with one attached hydrogen (secondary N) is 1. The summed E-state index contributed by atoms with van der Waals surface area (Å²) in [6.07, 6.45) is 1.77. The van der Waals surface area contributed by atoms with Gasteiger partial charge in [-0.3, -0.25) is 9.71 Å². The molecule has 3 aromatic carbocycles. The van der Waals surface area contributed by atoms with Crippen LogP contribution in [0.5, 0.6) is 11.5 Å². The van der Waals surface area contributed by atoms with Gasteiger partial charge in [0.1, 0.15) is 11.5 Å². The van der Waals surface area contributed by atoms with Gasteiger partial charge in [0.25, 0.3) is 10.0 Å². The molecule has 37 heavy (non-hydrogen) atoms. The van der Waals surface area contributed by atoms with E-state index in [4.69, 9.17) is 11.6 Å². The summed E-state index contributed by atoms with van der Waals surface area (Å²) in [5.74, 6) is -0.658. The quantitative estimate of drug-likeness (QED) is 0.234. The minimum atomic E-state index is -4.00. The molecule has 4 rings (SSSR count). The third-order valence-electron chi connectivity index (χ3n) is 6.68. The van der Waals surface area contributed by atoms with Crippen LogP contribution in [0.15, 0.2) is 59.6 Å². The summed E-state index contributed by atoms with van der Waals surface area (Å²) in [6.45, 7) is 11.9. The van der Waals surface area contributed by atoms with Crippen molar-refractivity contribution in [3.05, 3.63) is 87.7 Å². The number of pyridine rings is 1. The molecule has 1 heterocycles. The van der Waals surface area contributed by atoms with E-state index in [0.717, 1.165) is 22.4 Å². The number of fused-ring (bicyclic) bond motifs is 1. The van der Waals surface area contributed by atoms with Crippen LogP contribution >= 0.6 is 11.6 Å². The van der Waals surface area contributed by atoms with E-state index in [1.54, 1.807) is 30.5 Å². The number of halogens is 1. The number of anilines is 1. The molecule has 0 saturated heterocycles. The standard InChI is InChI=1S/C29H31ClN2O4S/c1-16-13-21(18(3)31-15-16)17(2)22-14-25(33)26-23(30)11-12-24(27(26)28(22)34)32-37(35,36)20-9-7-19(8-10-20)29(4,5)6/h7-15,17,32-34H,1-6H3. The first-order chi connectivity index (χ1) is 17.2. The zero-order chi connectivity index (χ0) is 27.3. The van der Waals surface area contributed by atoms with E-state index in [0.29, 0.717) is 5.56 Å². The lowest BCUT2D eigenvalue weighted by Gasteiger charge is -2.21. The second-order valence-corrected chi connectivity index (χ2v) is 12.6. The number of sulfonamides is 1. The number of nitrogens with zero attached hydrogens (tertiary/aromatic N) is 1. The van der Waals surface area contributed by atoms with Crippen LogP contribution in [0.25, 0.3) is 10.8 Å². The van der Waals surface area contributed by atoms with E-state index in [9.17, 15) is 18.6 Å². The lowest BCUT2D eigenvalue weighted by atomic mass is 9.87. The third kappa shape index (κ3) is 5.11. The first kappa shape index (κ1) is 26.8. The molecule has 1 atom stereocenters. The molecule has 6 nitrogen and oxygen atoms in total. The average Bonchev–Trinajstić information content (AvgIpc) is 2.83. The molecule has 3 N–H and O–H groups in total. The van der Waals surface area contributed by atoms with Crippen molar-refractivity contribution in [2.75, 3.05) is 4.72 Å². The van der Waals surface area contributed by atoms with Crippen LogP contribution in [0.1, 0.15) is 61.6 Å². The minimum absolute atomic E-state index is 0.0818. The number of benzene rings is 3. The van der Waals surface area contributed by atoms with Gasteiger partial charge in [-0.1, -0.05) is 57.5 Å². The van der Waals surface area contributed by atoms with E-state index in [1.807, 2.05) is 26.8 Å². The lowest BCUT2D eigenvalue weighted by molar-refractivity contribution is 0.461. The molecule has 0 radical (unpaired) electrons. The average molecular weight is 539 g/mol. The van der Waals surface area contributed by atoms with Crippen LogP contribution in [0.2, 0.25) is 5.02 Å². The predicted octanol–water partition coefficient (Wildman–Crippen LogP) is 7.17.